The van der Waals surface area contributed by atoms with E-state index in [1.807, 2.05) is 0 Å². The zero-order valence-corrected chi connectivity index (χ0v) is 8.56. The second kappa shape index (κ2) is 4.17. The maximum absolute atomic E-state index is 12.3. The van der Waals surface area contributed by atoms with E-state index < -0.39 is 34.3 Å². The number of hydrogen-bond acceptors (Lipinski definition) is 3. The lowest BCUT2D eigenvalue weighted by Crippen LogP contribution is -2.12. The van der Waals surface area contributed by atoms with Crippen LogP contribution < -0.4 is 4.74 Å². The molecule has 1 heterocycles. The zero-order chi connectivity index (χ0) is 12.5. The number of aromatic carboxylic acids is 1. The molecule has 0 unspecified atom stereocenters. The van der Waals surface area contributed by atoms with Crippen molar-refractivity contribution in [1.29, 1.82) is 0 Å². The summed E-state index contributed by atoms with van der Waals surface area (Å²) in [5.74, 6) is -2.18. The fourth-order valence-electron chi connectivity index (χ4n) is 0.978. The van der Waals surface area contributed by atoms with Crippen molar-refractivity contribution in [3.05, 3.63) is 22.3 Å². The van der Waals surface area contributed by atoms with Gasteiger partial charge in [0.2, 0.25) is 5.88 Å². The molecule has 0 aliphatic rings. The molecule has 4 nitrogen and oxygen atoms in total. The molecule has 0 atom stereocenters. The van der Waals surface area contributed by atoms with Gasteiger partial charge < -0.3 is 9.84 Å². The average Bonchev–Trinajstić information content (AvgIpc) is 2.14. The number of pyridine rings is 1. The Balaban J connectivity index is 3.44. The molecule has 16 heavy (non-hydrogen) atoms. The number of carboxylic acids is 1. The number of methoxy groups -OCH3 is 1. The van der Waals surface area contributed by atoms with Crippen molar-refractivity contribution < 1.29 is 27.8 Å². The Labute approximate surface area is 92.6 Å². The van der Waals surface area contributed by atoms with Gasteiger partial charge in [0.1, 0.15) is 11.3 Å². The van der Waals surface area contributed by atoms with Crippen LogP contribution in [0, 0.1) is 0 Å². The number of rotatable bonds is 2. The Morgan fingerprint density at radius 2 is 2.12 bits per heavy atom. The molecule has 0 aromatic carbocycles. The summed E-state index contributed by atoms with van der Waals surface area (Å²) >= 11 is 5.41. The fraction of sp³-hybridized carbons (Fsp3) is 0.250. The quantitative estimate of drug-likeness (QED) is 0.882. The summed E-state index contributed by atoms with van der Waals surface area (Å²) < 4.78 is 41.3. The van der Waals surface area contributed by atoms with E-state index in [1.165, 1.54) is 0 Å². The first kappa shape index (κ1) is 12.6. The van der Waals surface area contributed by atoms with Gasteiger partial charge in [-0.1, -0.05) is 11.6 Å². The molecule has 1 aromatic heterocycles. The van der Waals surface area contributed by atoms with Crippen molar-refractivity contribution in [3.8, 4) is 5.88 Å². The van der Waals surface area contributed by atoms with E-state index in [9.17, 15) is 18.0 Å². The van der Waals surface area contributed by atoms with Gasteiger partial charge in [-0.05, 0) is 6.07 Å². The number of carbonyl (C=O) groups is 1. The normalized spacial score (nSPS) is 11.3. The van der Waals surface area contributed by atoms with E-state index in [0.29, 0.717) is 6.07 Å². The van der Waals surface area contributed by atoms with Crippen LogP contribution in [0.15, 0.2) is 6.07 Å². The highest BCUT2D eigenvalue weighted by Gasteiger charge is 2.35. The van der Waals surface area contributed by atoms with Gasteiger partial charge in [0.25, 0.3) is 0 Å². The Kier molecular flexibility index (Phi) is 3.27. The average molecular weight is 256 g/mol. The number of carboxylic acid groups (broad SMARTS) is 1. The highest BCUT2D eigenvalue weighted by molar-refractivity contribution is 6.33. The highest BCUT2D eigenvalue weighted by atomic mass is 35.5. The van der Waals surface area contributed by atoms with Gasteiger partial charge in [-0.15, -0.1) is 0 Å². The second-order valence-electron chi connectivity index (χ2n) is 2.68. The standard InChI is InChI=1S/C8H5ClF3NO3/c1-16-6-5(7(14)15)3(9)2-4(13-6)8(10,11)12/h2H,1H3,(H,14,15). The monoisotopic (exact) mass is 255 g/mol. The third-order valence-corrected chi connectivity index (χ3v) is 1.93. The van der Waals surface area contributed by atoms with Crippen LogP contribution in [0.5, 0.6) is 5.88 Å². The fourth-order valence-corrected chi connectivity index (χ4v) is 1.24. The molecule has 8 heteroatoms. The van der Waals surface area contributed by atoms with Crippen molar-refractivity contribution in [2.45, 2.75) is 6.18 Å². The van der Waals surface area contributed by atoms with Gasteiger partial charge in [-0.25, -0.2) is 9.78 Å². The summed E-state index contributed by atoms with van der Waals surface area (Å²) in [7, 11) is 1.01. The summed E-state index contributed by atoms with van der Waals surface area (Å²) in [6, 6.07) is 0.438. The lowest BCUT2D eigenvalue weighted by atomic mass is 10.2. The zero-order valence-electron chi connectivity index (χ0n) is 7.80. The van der Waals surface area contributed by atoms with Crippen LogP contribution in [0.1, 0.15) is 16.1 Å². The first-order valence-electron chi connectivity index (χ1n) is 3.82. The largest absolute Gasteiger partial charge is 0.480 e. The molecule has 0 aliphatic carbocycles. The minimum Gasteiger partial charge on any atom is -0.480 e. The first-order chi connectivity index (χ1) is 7.27. The molecular formula is C8H5ClF3NO3. The van der Waals surface area contributed by atoms with Gasteiger partial charge >= 0.3 is 12.1 Å². The van der Waals surface area contributed by atoms with Crippen LogP contribution >= 0.6 is 11.6 Å². The molecule has 0 radical (unpaired) electrons. The van der Waals surface area contributed by atoms with E-state index in [-0.39, 0.29) is 0 Å². The van der Waals surface area contributed by atoms with Crippen molar-refractivity contribution in [2.75, 3.05) is 7.11 Å². The van der Waals surface area contributed by atoms with E-state index in [2.05, 4.69) is 9.72 Å². The molecule has 0 amide bonds. The van der Waals surface area contributed by atoms with Crippen molar-refractivity contribution in [1.82, 2.24) is 4.98 Å². The summed E-state index contributed by atoms with van der Waals surface area (Å²) in [4.78, 5) is 13.7. The van der Waals surface area contributed by atoms with Gasteiger partial charge in [-0.2, -0.15) is 13.2 Å². The molecule has 1 N–H and O–H groups in total. The lowest BCUT2D eigenvalue weighted by molar-refractivity contribution is -0.141. The molecule has 0 saturated heterocycles. The minimum absolute atomic E-state index is 0.438. The van der Waals surface area contributed by atoms with Crippen LogP contribution in [0.3, 0.4) is 0 Å². The summed E-state index contributed by atoms with van der Waals surface area (Å²) in [6.45, 7) is 0. The molecule has 88 valence electrons. The first-order valence-corrected chi connectivity index (χ1v) is 4.20. The Morgan fingerprint density at radius 1 is 1.56 bits per heavy atom. The third-order valence-electron chi connectivity index (χ3n) is 1.64. The van der Waals surface area contributed by atoms with E-state index >= 15 is 0 Å². The molecular weight excluding hydrogens is 251 g/mol. The number of nitrogens with zero attached hydrogens (tertiary/aromatic N) is 1. The molecule has 1 rings (SSSR count). The molecule has 0 spiro atoms. The highest BCUT2D eigenvalue weighted by Crippen LogP contribution is 2.34. The third kappa shape index (κ3) is 2.35. The van der Waals surface area contributed by atoms with Gasteiger partial charge in [0.15, 0.2) is 0 Å². The lowest BCUT2D eigenvalue weighted by Gasteiger charge is -2.10. The van der Waals surface area contributed by atoms with E-state index in [0.717, 1.165) is 7.11 Å². The van der Waals surface area contributed by atoms with Crippen LogP contribution in [-0.4, -0.2) is 23.2 Å². The SMILES string of the molecule is COc1nc(C(F)(F)F)cc(Cl)c1C(=O)O. The number of hydrogen-bond donors (Lipinski definition) is 1. The number of aromatic nitrogens is 1. The Hall–Kier alpha value is -1.50. The molecule has 0 bridgehead atoms. The van der Waals surface area contributed by atoms with Crippen LogP contribution in [0.4, 0.5) is 13.2 Å². The van der Waals surface area contributed by atoms with Crippen LogP contribution in [0.2, 0.25) is 5.02 Å². The molecule has 0 aliphatic heterocycles. The predicted molar refractivity (Wildman–Crippen MR) is 47.8 cm³/mol. The van der Waals surface area contributed by atoms with Gasteiger partial charge in [0, 0.05) is 0 Å². The Bertz CT molecular complexity index is 433. The second-order valence-corrected chi connectivity index (χ2v) is 3.08. The predicted octanol–water partition coefficient (Wildman–Crippen LogP) is 2.46. The maximum atomic E-state index is 12.3. The van der Waals surface area contributed by atoms with E-state index in [4.69, 9.17) is 16.7 Å². The smallest absolute Gasteiger partial charge is 0.433 e. The minimum atomic E-state index is -4.71. The summed E-state index contributed by atoms with van der Waals surface area (Å²) in [6.07, 6.45) is -4.71. The van der Waals surface area contributed by atoms with Gasteiger partial charge in [0.05, 0.1) is 12.1 Å². The summed E-state index contributed by atoms with van der Waals surface area (Å²) in [5.41, 5.74) is -1.91. The number of halogens is 4. The Morgan fingerprint density at radius 3 is 2.50 bits per heavy atom. The molecule has 1 aromatic rings. The topological polar surface area (TPSA) is 59.4 Å². The number of alkyl halides is 3. The van der Waals surface area contributed by atoms with Crippen LogP contribution in [-0.2, 0) is 6.18 Å². The molecule has 0 fully saturated rings. The van der Waals surface area contributed by atoms with Crippen molar-refractivity contribution in [3.63, 3.8) is 0 Å². The molecule has 0 saturated carbocycles. The van der Waals surface area contributed by atoms with Crippen molar-refractivity contribution >= 4 is 17.6 Å². The maximum Gasteiger partial charge on any atom is 0.433 e. The van der Waals surface area contributed by atoms with Gasteiger partial charge in [-0.3, -0.25) is 0 Å². The van der Waals surface area contributed by atoms with E-state index in [1.54, 1.807) is 0 Å². The number of ether oxygens (including phenoxy) is 1. The van der Waals surface area contributed by atoms with Crippen molar-refractivity contribution in [2.24, 2.45) is 0 Å². The van der Waals surface area contributed by atoms with Crippen LogP contribution in [0.25, 0.3) is 0 Å². The summed E-state index contributed by atoms with van der Waals surface area (Å²) in [5, 5.41) is 8.11.